The molecule has 2 atom stereocenters. The van der Waals surface area contributed by atoms with Crippen LogP contribution in [0.2, 0.25) is 0 Å². The second kappa shape index (κ2) is 7.65. The summed E-state index contributed by atoms with van der Waals surface area (Å²) in [5, 5.41) is 10.1. The van der Waals surface area contributed by atoms with Gasteiger partial charge in [0.2, 0.25) is 0 Å². The number of β-amino-alcohol motifs (C(OH)–C–C–N with tert-alkyl or cyclic N) is 1. The Hall–Kier alpha value is -1.06. The van der Waals surface area contributed by atoms with Crippen LogP contribution in [0.25, 0.3) is 0 Å². The van der Waals surface area contributed by atoms with Gasteiger partial charge >= 0.3 is 0 Å². The van der Waals surface area contributed by atoms with Gasteiger partial charge in [0.25, 0.3) is 0 Å². The van der Waals surface area contributed by atoms with E-state index in [0.717, 1.165) is 37.7 Å². The van der Waals surface area contributed by atoms with Crippen LogP contribution in [0, 0.1) is 5.92 Å². The van der Waals surface area contributed by atoms with Crippen molar-refractivity contribution >= 4 is 0 Å². The van der Waals surface area contributed by atoms with Crippen LogP contribution in [0.4, 0.5) is 0 Å². The third kappa shape index (κ3) is 4.80. The zero-order valence-corrected chi connectivity index (χ0v) is 12.7. The molecular weight excluding hydrogens is 250 g/mol. The lowest BCUT2D eigenvalue weighted by Gasteiger charge is -2.32. The molecule has 1 aromatic rings. The number of piperidine rings is 1. The van der Waals surface area contributed by atoms with Gasteiger partial charge in [-0.2, -0.15) is 0 Å². The van der Waals surface area contributed by atoms with Gasteiger partial charge in [0.1, 0.15) is 18.5 Å². The fourth-order valence-corrected chi connectivity index (χ4v) is 2.85. The zero-order valence-electron chi connectivity index (χ0n) is 12.7. The quantitative estimate of drug-likeness (QED) is 0.868. The van der Waals surface area contributed by atoms with Crippen LogP contribution in [0.3, 0.4) is 0 Å². The largest absolute Gasteiger partial charge is 0.491 e. The zero-order chi connectivity index (χ0) is 14.4. The molecule has 1 aromatic carbocycles. The van der Waals surface area contributed by atoms with Crippen molar-refractivity contribution in [2.75, 3.05) is 26.2 Å². The Kier molecular flexibility index (Phi) is 5.86. The highest BCUT2D eigenvalue weighted by molar-refractivity contribution is 5.28. The van der Waals surface area contributed by atoms with Crippen molar-refractivity contribution in [1.82, 2.24) is 4.90 Å². The number of aliphatic hydroxyl groups excluding tert-OH is 1. The normalized spacial score (nSPS) is 21.6. The highest BCUT2D eigenvalue weighted by atomic mass is 16.5. The molecule has 1 heterocycles. The first-order valence-corrected chi connectivity index (χ1v) is 7.79. The number of rotatable bonds is 6. The van der Waals surface area contributed by atoms with Crippen molar-refractivity contribution in [3.05, 3.63) is 29.8 Å². The topological polar surface area (TPSA) is 32.7 Å². The van der Waals surface area contributed by atoms with Crippen molar-refractivity contribution in [1.29, 1.82) is 0 Å². The number of benzene rings is 1. The van der Waals surface area contributed by atoms with Gasteiger partial charge < -0.3 is 14.7 Å². The van der Waals surface area contributed by atoms with E-state index in [1.807, 2.05) is 12.1 Å². The molecule has 2 rings (SSSR count). The number of likely N-dealkylation sites (tertiary alicyclic amines) is 1. The Morgan fingerprint density at radius 3 is 3.05 bits per heavy atom. The van der Waals surface area contributed by atoms with E-state index >= 15 is 0 Å². The third-order valence-corrected chi connectivity index (χ3v) is 3.96. The standard InChI is InChI=1S/C17H27NO2/c1-3-15-7-4-8-17(10-15)20-13-16(19)12-18-9-5-6-14(2)11-18/h4,7-8,10,14,16,19H,3,5-6,9,11-13H2,1-2H3/t14-,16-/m0/s1. The summed E-state index contributed by atoms with van der Waals surface area (Å²) >= 11 is 0. The molecule has 1 N–H and O–H groups in total. The van der Waals surface area contributed by atoms with Crippen molar-refractivity contribution in [3.8, 4) is 5.75 Å². The summed E-state index contributed by atoms with van der Waals surface area (Å²) in [6.07, 6.45) is 3.15. The number of nitrogens with zero attached hydrogens (tertiary/aromatic N) is 1. The highest BCUT2D eigenvalue weighted by Gasteiger charge is 2.19. The molecule has 0 saturated carbocycles. The molecule has 0 unspecified atom stereocenters. The summed E-state index contributed by atoms with van der Waals surface area (Å²) in [7, 11) is 0. The smallest absolute Gasteiger partial charge is 0.119 e. The number of ether oxygens (including phenoxy) is 1. The summed E-state index contributed by atoms with van der Waals surface area (Å²) in [6, 6.07) is 8.11. The minimum absolute atomic E-state index is 0.373. The Morgan fingerprint density at radius 2 is 2.30 bits per heavy atom. The highest BCUT2D eigenvalue weighted by Crippen LogP contribution is 2.16. The first kappa shape index (κ1) is 15.3. The number of hydrogen-bond donors (Lipinski definition) is 1. The van der Waals surface area contributed by atoms with Gasteiger partial charge in [0, 0.05) is 13.1 Å². The fraction of sp³-hybridized carbons (Fsp3) is 0.647. The van der Waals surface area contributed by atoms with Gasteiger partial charge in [-0.1, -0.05) is 26.0 Å². The molecule has 1 aliphatic heterocycles. The monoisotopic (exact) mass is 277 g/mol. The van der Waals surface area contributed by atoms with Crippen molar-refractivity contribution in [3.63, 3.8) is 0 Å². The maximum absolute atomic E-state index is 10.1. The van der Waals surface area contributed by atoms with E-state index in [1.54, 1.807) is 0 Å². The average Bonchev–Trinajstić information content (AvgIpc) is 2.45. The van der Waals surface area contributed by atoms with Gasteiger partial charge in [-0.3, -0.25) is 0 Å². The van der Waals surface area contributed by atoms with E-state index < -0.39 is 6.10 Å². The van der Waals surface area contributed by atoms with Crippen LogP contribution >= 0.6 is 0 Å². The van der Waals surface area contributed by atoms with Crippen LogP contribution in [-0.4, -0.2) is 42.4 Å². The molecule has 0 amide bonds. The Labute approximate surface area is 122 Å². The lowest BCUT2D eigenvalue weighted by atomic mass is 10.0. The van der Waals surface area contributed by atoms with Crippen molar-refractivity contribution < 1.29 is 9.84 Å². The molecule has 0 radical (unpaired) electrons. The maximum Gasteiger partial charge on any atom is 0.119 e. The third-order valence-electron chi connectivity index (χ3n) is 3.96. The second-order valence-corrected chi connectivity index (χ2v) is 5.97. The first-order valence-electron chi connectivity index (χ1n) is 7.79. The molecule has 3 nitrogen and oxygen atoms in total. The minimum atomic E-state index is -0.411. The van der Waals surface area contributed by atoms with Crippen molar-refractivity contribution in [2.45, 2.75) is 39.2 Å². The Bertz CT molecular complexity index is 408. The molecule has 20 heavy (non-hydrogen) atoms. The van der Waals surface area contributed by atoms with Crippen LogP contribution in [0.5, 0.6) is 5.75 Å². The van der Waals surface area contributed by atoms with Crippen LogP contribution in [-0.2, 0) is 6.42 Å². The van der Waals surface area contributed by atoms with Gasteiger partial charge in [-0.05, 0) is 49.4 Å². The Morgan fingerprint density at radius 1 is 1.45 bits per heavy atom. The van der Waals surface area contributed by atoms with E-state index in [9.17, 15) is 5.11 Å². The summed E-state index contributed by atoms with van der Waals surface area (Å²) in [5.41, 5.74) is 1.27. The summed E-state index contributed by atoms with van der Waals surface area (Å²) in [4.78, 5) is 2.35. The van der Waals surface area contributed by atoms with E-state index in [0.29, 0.717) is 6.61 Å². The van der Waals surface area contributed by atoms with Crippen LogP contribution in [0.15, 0.2) is 24.3 Å². The Balaban J connectivity index is 1.75. The minimum Gasteiger partial charge on any atom is -0.491 e. The number of aliphatic hydroxyl groups is 1. The molecule has 112 valence electrons. The van der Waals surface area contributed by atoms with E-state index in [2.05, 4.69) is 30.9 Å². The SMILES string of the molecule is CCc1cccc(OC[C@@H](O)CN2CCC[C@H](C)C2)c1. The molecule has 1 saturated heterocycles. The molecule has 1 fully saturated rings. The maximum atomic E-state index is 10.1. The lowest BCUT2D eigenvalue weighted by molar-refractivity contribution is 0.0537. The number of hydrogen-bond acceptors (Lipinski definition) is 3. The van der Waals surface area contributed by atoms with Gasteiger partial charge in [-0.25, -0.2) is 0 Å². The van der Waals surface area contributed by atoms with Crippen LogP contribution in [0.1, 0.15) is 32.3 Å². The molecule has 3 heteroatoms. The predicted molar refractivity (Wildman–Crippen MR) is 82.2 cm³/mol. The molecule has 0 aliphatic carbocycles. The van der Waals surface area contributed by atoms with Crippen molar-refractivity contribution in [2.24, 2.45) is 5.92 Å². The van der Waals surface area contributed by atoms with Gasteiger partial charge in [0.05, 0.1) is 0 Å². The van der Waals surface area contributed by atoms with E-state index in [-0.39, 0.29) is 0 Å². The molecule has 0 bridgehead atoms. The molecular formula is C17H27NO2. The van der Waals surface area contributed by atoms with E-state index in [1.165, 1.54) is 18.4 Å². The molecule has 1 aliphatic rings. The second-order valence-electron chi connectivity index (χ2n) is 5.97. The van der Waals surface area contributed by atoms with Gasteiger partial charge in [-0.15, -0.1) is 0 Å². The summed E-state index contributed by atoms with van der Waals surface area (Å²) in [6.45, 7) is 7.71. The molecule has 0 aromatic heterocycles. The number of aryl methyl sites for hydroxylation is 1. The fourth-order valence-electron chi connectivity index (χ4n) is 2.85. The van der Waals surface area contributed by atoms with Crippen LogP contribution < -0.4 is 4.74 Å². The van der Waals surface area contributed by atoms with E-state index in [4.69, 9.17) is 4.74 Å². The predicted octanol–water partition coefficient (Wildman–Crippen LogP) is 2.72. The first-order chi connectivity index (χ1) is 9.67. The average molecular weight is 277 g/mol. The summed E-state index contributed by atoms with van der Waals surface area (Å²) in [5.74, 6) is 1.61. The van der Waals surface area contributed by atoms with Gasteiger partial charge in [0.15, 0.2) is 0 Å². The molecule has 0 spiro atoms. The lowest BCUT2D eigenvalue weighted by Crippen LogP contribution is -2.41. The summed E-state index contributed by atoms with van der Waals surface area (Å²) < 4.78 is 5.70.